The van der Waals surface area contributed by atoms with Gasteiger partial charge in [-0.05, 0) is 79.7 Å². The Labute approximate surface area is 173 Å². The van der Waals surface area contributed by atoms with Gasteiger partial charge in [0.2, 0.25) is 10.0 Å². The molecule has 1 aliphatic rings. The average Bonchev–Trinajstić information content (AvgIpc) is 2.67. The van der Waals surface area contributed by atoms with E-state index in [0.717, 1.165) is 6.42 Å². The Hall–Kier alpha value is -1.96. The minimum absolute atomic E-state index is 0.0564. The minimum Gasteiger partial charge on any atom is -0.356 e. The molecular weight excluding hydrogens is 390 g/mol. The molecule has 0 saturated carbocycles. The molecule has 0 radical (unpaired) electrons. The zero-order valence-corrected chi connectivity index (χ0v) is 18.2. The van der Waals surface area contributed by atoms with Crippen molar-refractivity contribution in [2.45, 2.75) is 43.5 Å². The molecule has 1 aliphatic carbocycles. The number of hydrogen-bond acceptors (Lipinski definition) is 3. The van der Waals surface area contributed by atoms with Crippen LogP contribution in [0.15, 0.2) is 47.4 Å². The SMILES string of the molecule is C[C@@H](NC(=S)Nc1cccc(S(=O)(=O)N(C)C)c1)c1ccc2c(c1)CCCC2. The first-order valence-corrected chi connectivity index (χ1v) is 11.3. The molecule has 0 amide bonds. The molecule has 0 bridgehead atoms. The van der Waals surface area contributed by atoms with Crippen molar-refractivity contribution in [3.8, 4) is 0 Å². The fourth-order valence-corrected chi connectivity index (χ4v) is 4.66. The molecule has 0 fully saturated rings. The van der Waals surface area contributed by atoms with Gasteiger partial charge < -0.3 is 10.6 Å². The monoisotopic (exact) mass is 417 g/mol. The normalized spacial score (nSPS) is 15.0. The molecule has 1 atom stereocenters. The maximum absolute atomic E-state index is 12.3. The van der Waals surface area contributed by atoms with Crippen molar-refractivity contribution in [1.82, 2.24) is 9.62 Å². The van der Waals surface area contributed by atoms with Crippen LogP contribution < -0.4 is 10.6 Å². The van der Waals surface area contributed by atoms with Crippen molar-refractivity contribution in [2.75, 3.05) is 19.4 Å². The largest absolute Gasteiger partial charge is 0.356 e. The maximum atomic E-state index is 12.3. The summed E-state index contributed by atoms with van der Waals surface area (Å²) in [6.07, 6.45) is 4.84. The number of fused-ring (bicyclic) bond motifs is 1. The number of nitrogens with one attached hydrogen (secondary N) is 2. The number of aryl methyl sites for hydroxylation is 2. The van der Waals surface area contributed by atoms with Gasteiger partial charge in [0.15, 0.2) is 5.11 Å². The van der Waals surface area contributed by atoms with E-state index < -0.39 is 10.0 Å². The van der Waals surface area contributed by atoms with E-state index in [9.17, 15) is 8.42 Å². The lowest BCUT2D eigenvalue weighted by molar-refractivity contribution is 0.521. The first-order valence-electron chi connectivity index (χ1n) is 9.49. The smallest absolute Gasteiger partial charge is 0.242 e. The van der Waals surface area contributed by atoms with Crippen LogP contribution in [0.2, 0.25) is 0 Å². The third kappa shape index (κ3) is 4.71. The summed E-state index contributed by atoms with van der Waals surface area (Å²) in [5.74, 6) is 0. The highest BCUT2D eigenvalue weighted by Gasteiger charge is 2.18. The van der Waals surface area contributed by atoms with Crippen molar-refractivity contribution in [3.05, 3.63) is 59.2 Å². The van der Waals surface area contributed by atoms with Crippen LogP contribution in [-0.2, 0) is 22.9 Å². The van der Waals surface area contributed by atoms with E-state index in [1.54, 1.807) is 24.3 Å². The van der Waals surface area contributed by atoms with Crippen LogP contribution >= 0.6 is 12.2 Å². The van der Waals surface area contributed by atoms with Gasteiger partial charge in [0.05, 0.1) is 10.9 Å². The van der Waals surface area contributed by atoms with E-state index in [4.69, 9.17) is 12.2 Å². The van der Waals surface area contributed by atoms with E-state index in [1.165, 1.54) is 54.4 Å². The van der Waals surface area contributed by atoms with Gasteiger partial charge in [-0.1, -0.05) is 24.3 Å². The first kappa shape index (κ1) is 20.8. The number of thiocarbonyl (C=S) groups is 1. The van der Waals surface area contributed by atoms with Crippen molar-refractivity contribution in [3.63, 3.8) is 0 Å². The molecule has 3 rings (SSSR count). The Morgan fingerprint density at radius 3 is 2.50 bits per heavy atom. The van der Waals surface area contributed by atoms with Crippen LogP contribution in [0.3, 0.4) is 0 Å². The third-order valence-electron chi connectivity index (χ3n) is 5.09. The summed E-state index contributed by atoms with van der Waals surface area (Å²) in [5, 5.41) is 6.85. The fourth-order valence-electron chi connectivity index (χ4n) is 3.41. The van der Waals surface area contributed by atoms with Crippen molar-refractivity contribution in [1.29, 1.82) is 0 Å². The van der Waals surface area contributed by atoms with Gasteiger partial charge >= 0.3 is 0 Å². The van der Waals surface area contributed by atoms with Crippen molar-refractivity contribution < 1.29 is 8.42 Å². The molecule has 28 heavy (non-hydrogen) atoms. The van der Waals surface area contributed by atoms with Crippen LogP contribution in [0.5, 0.6) is 0 Å². The van der Waals surface area contributed by atoms with E-state index in [0.29, 0.717) is 10.8 Å². The number of benzene rings is 2. The maximum Gasteiger partial charge on any atom is 0.242 e. The average molecular weight is 418 g/mol. The molecule has 2 aromatic rings. The van der Waals surface area contributed by atoms with Crippen molar-refractivity contribution >= 4 is 33.0 Å². The second-order valence-corrected chi connectivity index (χ2v) is 9.93. The number of sulfonamides is 1. The van der Waals surface area contributed by atoms with Crippen LogP contribution in [0.1, 0.15) is 42.5 Å². The molecule has 0 aliphatic heterocycles. The molecule has 5 nitrogen and oxygen atoms in total. The topological polar surface area (TPSA) is 61.4 Å². The first-order chi connectivity index (χ1) is 13.3. The number of hydrogen-bond donors (Lipinski definition) is 2. The molecule has 7 heteroatoms. The predicted molar refractivity (Wildman–Crippen MR) is 118 cm³/mol. The second-order valence-electron chi connectivity index (χ2n) is 7.37. The van der Waals surface area contributed by atoms with E-state index in [1.807, 2.05) is 0 Å². The van der Waals surface area contributed by atoms with Crippen LogP contribution in [0.25, 0.3) is 0 Å². The Balaban J connectivity index is 1.67. The van der Waals surface area contributed by atoms with Crippen LogP contribution in [-0.4, -0.2) is 31.9 Å². The predicted octanol–water partition coefficient (Wildman–Crippen LogP) is 3.86. The Morgan fingerprint density at radius 2 is 1.79 bits per heavy atom. The molecule has 2 aromatic carbocycles. The van der Waals surface area contributed by atoms with Crippen LogP contribution in [0, 0.1) is 0 Å². The molecule has 0 unspecified atom stereocenters. The third-order valence-corrected chi connectivity index (χ3v) is 7.12. The highest BCUT2D eigenvalue weighted by Crippen LogP contribution is 2.25. The molecule has 2 N–H and O–H groups in total. The summed E-state index contributed by atoms with van der Waals surface area (Å²) in [6.45, 7) is 2.07. The van der Waals surface area contributed by atoms with Crippen LogP contribution in [0.4, 0.5) is 5.69 Å². The molecular formula is C21H27N3O2S2. The summed E-state index contributed by atoms with van der Waals surface area (Å²) < 4.78 is 25.8. The molecule has 0 aromatic heterocycles. The lowest BCUT2D eigenvalue weighted by atomic mass is 9.89. The van der Waals surface area contributed by atoms with Crippen molar-refractivity contribution in [2.24, 2.45) is 0 Å². The van der Waals surface area contributed by atoms with E-state index in [2.05, 4.69) is 35.8 Å². The minimum atomic E-state index is -3.48. The van der Waals surface area contributed by atoms with Gasteiger partial charge in [-0.3, -0.25) is 0 Å². The van der Waals surface area contributed by atoms with Gasteiger partial charge in [0, 0.05) is 19.8 Å². The lowest BCUT2D eigenvalue weighted by Gasteiger charge is -2.21. The number of nitrogens with zero attached hydrogens (tertiary/aromatic N) is 1. The Kier molecular flexibility index (Phi) is 6.37. The summed E-state index contributed by atoms with van der Waals surface area (Å²) in [6, 6.07) is 13.4. The zero-order valence-electron chi connectivity index (χ0n) is 16.5. The van der Waals surface area contributed by atoms with E-state index >= 15 is 0 Å². The number of rotatable bonds is 5. The highest BCUT2D eigenvalue weighted by atomic mass is 32.2. The summed E-state index contributed by atoms with van der Waals surface area (Å²) in [4.78, 5) is 0.230. The van der Waals surface area contributed by atoms with Gasteiger partial charge in [0.1, 0.15) is 0 Å². The van der Waals surface area contributed by atoms with Gasteiger partial charge in [-0.15, -0.1) is 0 Å². The molecule has 150 valence electrons. The van der Waals surface area contributed by atoms with E-state index in [-0.39, 0.29) is 10.9 Å². The molecule has 0 saturated heterocycles. The summed E-state index contributed by atoms with van der Waals surface area (Å²) >= 11 is 5.44. The standard InChI is InChI=1S/C21H27N3O2S2/c1-15(17-12-11-16-7-4-5-8-18(16)13-17)22-21(27)23-19-9-6-10-20(14-19)28(25,26)24(2)3/h6,9-15H,4-5,7-8H2,1-3H3,(H2,22,23,27)/t15-/m1/s1. The second kappa shape index (κ2) is 8.59. The summed E-state index contributed by atoms with van der Waals surface area (Å²) in [7, 11) is -0.449. The highest BCUT2D eigenvalue weighted by molar-refractivity contribution is 7.89. The van der Waals surface area contributed by atoms with Gasteiger partial charge in [-0.2, -0.15) is 0 Å². The quantitative estimate of drug-likeness (QED) is 0.724. The Bertz CT molecular complexity index is 971. The van der Waals surface area contributed by atoms with Gasteiger partial charge in [-0.25, -0.2) is 12.7 Å². The lowest BCUT2D eigenvalue weighted by Crippen LogP contribution is -2.31. The molecule has 0 heterocycles. The zero-order chi connectivity index (χ0) is 20.3. The number of anilines is 1. The van der Waals surface area contributed by atoms with Gasteiger partial charge in [0.25, 0.3) is 0 Å². The summed E-state index contributed by atoms with van der Waals surface area (Å²) in [5.41, 5.74) is 4.74. The Morgan fingerprint density at radius 1 is 1.07 bits per heavy atom. The molecule has 0 spiro atoms. The fraction of sp³-hybridized carbons (Fsp3) is 0.381.